The van der Waals surface area contributed by atoms with E-state index in [1.54, 1.807) is 18.2 Å². The van der Waals surface area contributed by atoms with E-state index >= 15 is 0 Å². The number of fused-ring (bicyclic) bond motifs is 1. The second kappa shape index (κ2) is 9.72. The number of carbonyl (C=O) groups excluding carboxylic acids is 1. The third kappa shape index (κ3) is 5.30. The lowest BCUT2D eigenvalue weighted by atomic mass is 9.97. The molecule has 1 heterocycles. The van der Waals surface area contributed by atoms with Gasteiger partial charge in [0.2, 0.25) is 15.9 Å². The molecule has 1 aliphatic carbocycles. The van der Waals surface area contributed by atoms with Gasteiger partial charge in [0.1, 0.15) is 0 Å². The Balaban J connectivity index is 1.39. The van der Waals surface area contributed by atoms with Crippen molar-refractivity contribution in [1.82, 2.24) is 9.62 Å². The Hall–Kier alpha value is -1.60. The fraction of sp³-hybridized carbons (Fsp3) is 0.458. The summed E-state index contributed by atoms with van der Waals surface area (Å²) in [6, 6.07) is 11.2. The van der Waals surface area contributed by atoms with E-state index in [2.05, 4.69) is 23.5 Å². The second-order valence-electron chi connectivity index (χ2n) is 8.81. The van der Waals surface area contributed by atoms with Gasteiger partial charge in [0.15, 0.2) is 0 Å². The summed E-state index contributed by atoms with van der Waals surface area (Å²) in [5.41, 5.74) is 4.46. The van der Waals surface area contributed by atoms with Gasteiger partial charge in [-0.25, -0.2) is 12.7 Å². The maximum atomic E-state index is 13.0. The number of carbonyl (C=O) groups is 1. The topological polar surface area (TPSA) is 66.5 Å². The molecule has 1 saturated heterocycles. The van der Waals surface area contributed by atoms with Crippen LogP contribution in [0.2, 0.25) is 10.0 Å². The number of rotatable bonds is 6. The molecule has 5 nitrogen and oxygen atoms in total. The first-order valence-corrected chi connectivity index (χ1v) is 13.4. The lowest BCUT2D eigenvalue weighted by Gasteiger charge is -2.32. The number of hydrogen-bond donors (Lipinski definition) is 1. The number of piperidine rings is 1. The fourth-order valence-electron chi connectivity index (χ4n) is 4.62. The molecule has 1 fully saturated rings. The van der Waals surface area contributed by atoms with E-state index in [9.17, 15) is 13.2 Å². The number of hydrogen-bond acceptors (Lipinski definition) is 3. The molecule has 8 heteroatoms. The first kappa shape index (κ1) is 23.6. The monoisotopic (exact) mass is 494 g/mol. The maximum Gasteiger partial charge on any atom is 0.224 e. The van der Waals surface area contributed by atoms with E-state index in [0.29, 0.717) is 35.0 Å². The SMILES string of the molecule is CC(NC(=O)C1CCCN(S(=O)(=O)Cc2ccc(Cl)c(Cl)c2)C1)c1ccc2c(c1)CCC2. The average Bonchev–Trinajstić information content (AvgIpc) is 3.24. The molecule has 0 saturated carbocycles. The third-order valence-corrected chi connectivity index (χ3v) is 9.02. The maximum absolute atomic E-state index is 13.0. The van der Waals surface area contributed by atoms with Crippen LogP contribution in [0, 0.1) is 5.92 Å². The molecule has 0 aromatic heterocycles. The predicted molar refractivity (Wildman–Crippen MR) is 128 cm³/mol. The molecular weight excluding hydrogens is 467 g/mol. The molecule has 32 heavy (non-hydrogen) atoms. The van der Waals surface area contributed by atoms with Gasteiger partial charge in [-0.2, -0.15) is 0 Å². The molecule has 0 bridgehead atoms. The summed E-state index contributed by atoms with van der Waals surface area (Å²) in [6.45, 7) is 2.61. The Morgan fingerprint density at radius 1 is 1.09 bits per heavy atom. The number of aryl methyl sites for hydroxylation is 2. The van der Waals surface area contributed by atoms with E-state index in [0.717, 1.165) is 18.4 Å². The number of sulfonamides is 1. The minimum Gasteiger partial charge on any atom is -0.349 e. The number of amides is 1. The zero-order valence-corrected chi connectivity index (χ0v) is 20.4. The van der Waals surface area contributed by atoms with Gasteiger partial charge in [-0.1, -0.05) is 47.5 Å². The van der Waals surface area contributed by atoms with Gasteiger partial charge < -0.3 is 5.32 Å². The average molecular weight is 495 g/mol. The minimum absolute atomic E-state index is 0.0903. The van der Waals surface area contributed by atoms with Gasteiger partial charge in [0.05, 0.1) is 27.8 Å². The summed E-state index contributed by atoms with van der Waals surface area (Å²) < 4.78 is 27.4. The number of halogens is 2. The van der Waals surface area contributed by atoms with Crippen LogP contribution in [0.25, 0.3) is 0 Å². The van der Waals surface area contributed by atoms with Crippen LogP contribution in [0.5, 0.6) is 0 Å². The Labute approximate surface area is 200 Å². The quantitative estimate of drug-likeness (QED) is 0.620. The lowest BCUT2D eigenvalue weighted by Crippen LogP contribution is -2.46. The molecule has 2 atom stereocenters. The minimum atomic E-state index is -3.57. The van der Waals surface area contributed by atoms with Crippen LogP contribution in [0.4, 0.5) is 0 Å². The molecule has 2 unspecified atom stereocenters. The van der Waals surface area contributed by atoms with Crippen molar-refractivity contribution in [2.45, 2.75) is 50.8 Å². The molecule has 4 rings (SSSR count). The van der Waals surface area contributed by atoms with Crippen LogP contribution in [-0.4, -0.2) is 31.7 Å². The first-order valence-electron chi connectivity index (χ1n) is 11.1. The van der Waals surface area contributed by atoms with Gasteiger partial charge in [-0.15, -0.1) is 0 Å². The standard InChI is InChI=1S/C24H28Cl2N2O3S/c1-16(19-9-8-18-4-2-5-20(18)13-19)27-24(29)21-6-3-11-28(14-21)32(30,31)15-17-7-10-22(25)23(26)12-17/h7-10,12-13,16,21H,2-6,11,14-15H2,1H3,(H,27,29). The molecule has 172 valence electrons. The number of benzene rings is 2. The predicted octanol–water partition coefficient (Wildman–Crippen LogP) is 4.90. The zero-order valence-electron chi connectivity index (χ0n) is 18.1. The van der Waals surface area contributed by atoms with E-state index in [1.807, 2.05) is 6.92 Å². The van der Waals surface area contributed by atoms with Crippen LogP contribution in [0.15, 0.2) is 36.4 Å². The van der Waals surface area contributed by atoms with Crippen molar-refractivity contribution in [2.24, 2.45) is 5.92 Å². The summed E-state index contributed by atoms with van der Waals surface area (Å²) in [4.78, 5) is 13.0. The molecule has 0 radical (unpaired) electrons. The van der Waals surface area contributed by atoms with Crippen molar-refractivity contribution in [3.8, 4) is 0 Å². The Morgan fingerprint density at radius 3 is 2.66 bits per heavy atom. The zero-order chi connectivity index (χ0) is 22.9. The molecular formula is C24H28Cl2N2O3S. The molecule has 2 aromatic carbocycles. The highest BCUT2D eigenvalue weighted by atomic mass is 35.5. The summed E-state index contributed by atoms with van der Waals surface area (Å²) in [6.07, 6.45) is 4.75. The Kier molecular flexibility index (Phi) is 7.15. The fourth-order valence-corrected chi connectivity index (χ4v) is 6.53. The van der Waals surface area contributed by atoms with E-state index in [1.165, 1.54) is 21.9 Å². The highest BCUT2D eigenvalue weighted by Crippen LogP contribution is 2.28. The lowest BCUT2D eigenvalue weighted by molar-refractivity contribution is -0.126. The van der Waals surface area contributed by atoms with Gasteiger partial charge in [0.25, 0.3) is 0 Å². The third-order valence-electron chi connectivity index (χ3n) is 6.46. The molecule has 0 spiro atoms. The smallest absolute Gasteiger partial charge is 0.224 e. The van der Waals surface area contributed by atoms with Gasteiger partial charge >= 0.3 is 0 Å². The largest absolute Gasteiger partial charge is 0.349 e. The first-order chi connectivity index (χ1) is 15.2. The van der Waals surface area contributed by atoms with Crippen molar-refractivity contribution in [3.05, 3.63) is 68.7 Å². The molecule has 2 aliphatic rings. The van der Waals surface area contributed by atoms with E-state index in [4.69, 9.17) is 23.2 Å². The van der Waals surface area contributed by atoms with Gasteiger partial charge in [0, 0.05) is 13.1 Å². The van der Waals surface area contributed by atoms with Crippen molar-refractivity contribution in [2.75, 3.05) is 13.1 Å². The molecule has 1 N–H and O–H groups in total. The molecule has 1 amide bonds. The van der Waals surface area contributed by atoms with Crippen LogP contribution >= 0.6 is 23.2 Å². The Morgan fingerprint density at radius 2 is 1.88 bits per heavy atom. The highest BCUT2D eigenvalue weighted by molar-refractivity contribution is 7.88. The van der Waals surface area contributed by atoms with Crippen LogP contribution in [0.3, 0.4) is 0 Å². The molecule has 2 aromatic rings. The number of nitrogens with zero attached hydrogens (tertiary/aromatic N) is 1. The van der Waals surface area contributed by atoms with Gasteiger partial charge in [-0.3, -0.25) is 4.79 Å². The highest BCUT2D eigenvalue weighted by Gasteiger charge is 2.33. The van der Waals surface area contributed by atoms with Crippen molar-refractivity contribution in [1.29, 1.82) is 0 Å². The van der Waals surface area contributed by atoms with Crippen molar-refractivity contribution >= 4 is 39.1 Å². The Bertz CT molecular complexity index is 1120. The summed E-state index contributed by atoms with van der Waals surface area (Å²) in [7, 11) is -3.57. The van der Waals surface area contributed by atoms with Crippen molar-refractivity contribution < 1.29 is 13.2 Å². The van der Waals surface area contributed by atoms with E-state index in [-0.39, 0.29) is 30.2 Å². The van der Waals surface area contributed by atoms with E-state index < -0.39 is 10.0 Å². The molecule has 1 aliphatic heterocycles. The van der Waals surface area contributed by atoms with Gasteiger partial charge in [-0.05, 0) is 73.4 Å². The normalized spacial score (nSPS) is 20.0. The summed E-state index contributed by atoms with van der Waals surface area (Å²) >= 11 is 12.0. The van der Waals surface area contributed by atoms with Crippen LogP contribution in [0.1, 0.15) is 54.5 Å². The summed E-state index contributed by atoms with van der Waals surface area (Å²) in [5, 5.41) is 3.82. The second-order valence-corrected chi connectivity index (χ2v) is 11.6. The van der Waals surface area contributed by atoms with Crippen LogP contribution < -0.4 is 5.32 Å². The van der Waals surface area contributed by atoms with Crippen molar-refractivity contribution in [3.63, 3.8) is 0 Å². The number of nitrogens with one attached hydrogen (secondary N) is 1. The van der Waals surface area contributed by atoms with Crippen LogP contribution in [-0.2, 0) is 33.4 Å². The summed E-state index contributed by atoms with van der Waals surface area (Å²) in [5.74, 6) is -0.610.